The van der Waals surface area contributed by atoms with E-state index in [0.29, 0.717) is 17.1 Å². The molecule has 2 aromatic carbocycles. The van der Waals surface area contributed by atoms with Crippen molar-refractivity contribution in [1.82, 2.24) is 0 Å². The van der Waals surface area contributed by atoms with E-state index >= 15 is 0 Å². The van der Waals surface area contributed by atoms with E-state index in [4.69, 9.17) is 9.47 Å². The SMILES string of the molecule is COc1cc(SCC(=O)c2ccccc2)cc(O)c1OC. The zero-order chi connectivity index (χ0) is 15.2. The van der Waals surface area contributed by atoms with Crippen LogP contribution in [0.5, 0.6) is 17.2 Å². The molecule has 0 aliphatic rings. The number of benzene rings is 2. The molecule has 0 atom stereocenters. The molecule has 0 aromatic heterocycles. The highest BCUT2D eigenvalue weighted by Gasteiger charge is 2.13. The number of rotatable bonds is 6. The number of aromatic hydroxyl groups is 1. The average molecular weight is 304 g/mol. The van der Waals surface area contributed by atoms with Crippen molar-refractivity contribution in [2.75, 3.05) is 20.0 Å². The Labute approximate surface area is 127 Å². The van der Waals surface area contributed by atoms with Crippen LogP contribution in [0.15, 0.2) is 47.4 Å². The summed E-state index contributed by atoms with van der Waals surface area (Å²) >= 11 is 1.34. The second-order valence-electron chi connectivity index (χ2n) is 4.26. The maximum Gasteiger partial charge on any atom is 0.203 e. The largest absolute Gasteiger partial charge is 0.504 e. The molecule has 0 aliphatic carbocycles. The molecule has 4 nitrogen and oxygen atoms in total. The minimum Gasteiger partial charge on any atom is -0.504 e. The maximum atomic E-state index is 12.0. The van der Waals surface area contributed by atoms with Crippen LogP contribution in [0.2, 0.25) is 0 Å². The fourth-order valence-electron chi connectivity index (χ4n) is 1.86. The summed E-state index contributed by atoms with van der Waals surface area (Å²) in [6.45, 7) is 0. The van der Waals surface area contributed by atoms with E-state index in [1.54, 1.807) is 24.3 Å². The highest BCUT2D eigenvalue weighted by Crippen LogP contribution is 2.40. The lowest BCUT2D eigenvalue weighted by Crippen LogP contribution is -2.01. The Bertz CT molecular complexity index is 626. The number of ether oxygens (including phenoxy) is 2. The first-order valence-electron chi connectivity index (χ1n) is 6.31. The maximum absolute atomic E-state index is 12.0. The van der Waals surface area contributed by atoms with Crippen molar-refractivity contribution in [3.8, 4) is 17.2 Å². The van der Waals surface area contributed by atoms with E-state index < -0.39 is 0 Å². The van der Waals surface area contributed by atoms with Gasteiger partial charge in [0.15, 0.2) is 17.3 Å². The van der Waals surface area contributed by atoms with Gasteiger partial charge in [0.2, 0.25) is 5.75 Å². The Balaban J connectivity index is 2.10. The molecule has 110 valence electrons. The van der Waals surface area contributed by atoms with E-state index in [1.807, 2.05) is 18.2 Å². The lowest BCUT2D eigenvalue weighted by atomic mass is 10.2. The zero-order valence-corrected chi connectivity index (χ0v) is 12.6. The van der Waals surface area contributed by atoms with Gasteiger partial charge in [-0.05, 0) is 12.1 Å². The van der Waals surface area contributed by atoms with E-state index in [9.17, 15) is 9.90 Å². The smallest absolute Gasteiger partial charge is 0.203 e. The number of phenols is 1. The Kier molecular flexibility index (Phi) is 5.11. The van der Waals surface area contributed by atoms with Crippen molar-refractivity contribution in [3.63, 3.8) is 0 Å². The van der Waals surface area contributed by atoms with Gasteiger partial charge in [-0.1, -0.05) is 30.3 Å². The van der Waals surface area contributed by atoms with E-state index in [1.165, 1.54) is 26.0 Å². The number of methoxy groups -OCH3 is 2. The van der Waals surface area contributed by atoms with Gasteiger partial charge in [-0.2, -0.15) is 0 Å². The summed E-state index contributed by atoms with van der Waals surface area (Å²) in [5, 5.41) is 9.88. The molecule has 0 spiro atoms. The molecule has 0 saturated heterocycles. The second kappa shape index (κ2) is 7.04. The highest BCUT2D eigenvalue weighted by molar-refractivity contribution is 8.00. The third kappa shape index (κ3) is 3.70. The number of ketones is 1. The van der Waals surface area contributed by atoms with Crippen LogP contribution in [0.3, 0.4) is 0 Å². The number of hydrogen-bond donors (Lipinski definition) is 1. The van der Waals surface area contributed by atoms with Crippen molar-refractivity contribution in [3.05, 3.63) is 48.0 Å². The number of thioether (sulfide) groups is 1. The Morgan fingerprint density at radius 1 is 1.14 bits per heavy atom. The molecule has 5 heteroatoms. The predicted octanol–water partition coefficient (Wildman–Crippen LogP) is 3.38. The summed E-state index contributed by atoms with van der Waals surface area (Å²) in [7, 11) is 2.96. The van der Waals surface area contributed by atoms with Crippen LogP contribution in [-0.2, 0) is 0 Å². The van der Waals surface area contributed by atoms with Gasteiger partial charge >= 0.3 is 0 Å². The number of carbonyl (C=O) groups is 1. The third-order valence-electron chi connectivity index (χ3n) is 2.90. The predicted molar refractivity (Wildman–Crippen MR) is 82.7 cm³/mol. The van der Waals surface area contributed by atoms with Crippen molar-refractivity contribution < 1.29 is 19.4 Å². The first kappa shape index (κ1) is 15.3. The van der Waals surface area contributed by atoms with Gasteiger partial charge in [-0.25, -0.2) is 0 Å². The van der Waals surface area contributed by atoms with Crippen LogP contribution in [0.4, 0.5) is 0 Å². The minimum atomic E-state index is -0.00786. The molecule has 1 N–H and O–H groups in total. The van der Waals surface area contributed by atoms with E-state index in [0.717, 1.165) is 4.90 Å². The lowest BCUT2D eigenvalue weighted by molar-refractivity contribution is 0.102. The molecular formula is C16H16O4S. The summed E-state index contributed by atoms with van der Waals surface area (Å²) in [5.41, 5.74) is 0.676. The van der Waals surface area contributed by atoms with Gasteiger partial charge in [0.25, 0.3) is 0 Å². The topological polar surface area (TPSA) is 55.8 Å². The highest BCUT2D eigenvalue weighted by atomic mass is 32.2. The molecule has 0 fully saturated rings. The molecular weight excluding hydrogens is 288 g/mol. The Hall–Kier alpha value is -2.14. The fraction of sp³-hybridized carbons (Fsp3) is 0.188. The van der Waals surface area contributed by atoms with Gasteiger partial charge in [0.1, 0.15) is 0 Å². The zero-order valence-electron chi connectivity index (χ0n) is 11.8. The average Bonchev–Trinajstić information content (AvgIpc) is 2.52. The first-order valence-corrected chi connectivity index (χ1v) is 7.30. The molecule has 2 aromatic rings. The summed E-state index contributed by atoms with van der Waals surface area (Å²) in [4.78, 5) is 12.8. The van der Waals surface area contributed by atoms with E-state index in [-0.39, 0.29) is 17.3 Å². The van der Waals surface area contributed by atoms with E-state index in [2.05, 4.69) is 0 Å². The Morgan fingerprint density at radius 2 is 1.86 bits per heavy atom. The number of phenolic OH excluding ortho intramolecular Hbond substituents is 1. The van der Waals surface area contributed by atoms with Gasteiger partial charge in [-0.15, -0.1) is 11.8 Å². The molecule has 0 saturated carbocycles. The van der Waals surface area contributed by atoms with Crippen molar-refractivity contribution in [2.45, 2.75) is 4.90 Å². The third-order valence-corrected chi connectivity index (χ3v) is 3.87. The summed E-state index contributed by atoms with van der Waals surface area (Å²) in [6.07, 6.45) is 0. The summed E-state index contributed by atoms with van der Waals surface area (Å²) in [5.74, 6) is 1.05. The Morgan fingerprint density at radius 3 is 2.48 bits per heavy atom. The molecule has 2 rings (SSSR count). The van der Waals surface area contributed by atoms with Crippen LogP contribution < -0.4 is 9.47 Å². The molecule has 0 amide bonds. The fourth-order valence-corrected chi connectivity index (χ4v) is 2.71. The van der Waals surface area contributed by atoms with Crippen LogP contribution in [0.1, 0.15) is 10.4 Å². The van der Waals surface area contributed by atoms with Crippen molar-refractivity contribution >= 4 is 17.5 Å². The first-order chi connectivity index (χ1) is 10.2. The summed E-state index contributed by atoms with van der Waals surface area (Å²) in [6, 6.07) is 12.4. The molecule has 0 unspecified atom stereocenters. The van der Waals surface area contributed by atoms with Crippen molar-refractivity contribution in [1.29, 1.82) is 0 Å². The van der Waals surface area contributed by atoms with Crippen LogP contribution in [0, 0.1) is 0 Å². The van der Waals surface area contributed by atoms with Gasteiger partial charge in [0, 0.05) is 10.5 Å². The molecule has 0 bridgehead atoms. The molecule has 21 heavy (non-hydrogen) atoms. The quantitative estimate of drug-likeness (QED) is 0.655. The molecule has 0 radical (unpaired) electrons. The second-order valence-corrected chi connectivity index (χ2v) is 5.30. The lowest BCUT2D eigenvalue weighted by Gasteiger charge is -2.11. The number of carbonyl (C=O) groups excluding carboxylic acids is 1. The van der Waals surface area contributed by atoms with Crippen LogP contribution in [0.25, 0.3) is 0 Å². The number of hydrogen-bond acceptors (Lipinski definition) is 5. The van der Waals surface area contributed by atoms with Gasteiger partial charge in [0.05, 0.1) is 20.0 Å². The molecule has 0 heterocycles. The minimum absolute atomic E-state index is 0.00786. The summed E-state index contributed by atoms with van der Waals surface area (Å²) < 4.78 is 10.2. The van der Waals surface area contributed by atoms with Gasteiger partial charge < -0.3 is 14.6 Å². The normalized spacial score (nSPS) is 10.2. The van der Waals surface area contributed by atoms with Crippen molar-refractivity contribution in [2.24, 2.45) is 0 Å². The van der Waals surface area contributed by atoms with Crippen LogP contribution >= 0.6 is 11.8 Å². The van der Waals surface area contributed by atoms with Crippen LogP contribution in [-0.4, -0.2) is 30.9 Å². The molecule has 0 aliphatic heterocycles. The number of Topliss-reactive ketones (excluding diaryl/α,β-unsaturated/α-hetero) is 1. The standard InChI is InChI=1S/C16H16O4S/c1-19-15-9-12(8-13(17)16(15)20-2)21-10-14(18)11-6-4-3-5-7-11/h3-9,17H,10H2,1-2H3. The monoisotopic (exact) mass is 304 g/mol. The van der Waals surface area contributed by atoms with Gasteiger partial charge in [-0.3, -0.25) is 4.79 Å².